The minimum absolute atomic E-state index is 0.00935. The maximum absolute atomic E-state index is 11.5. The van der Waals surface area contributed by atoms with E-state index in [-0.39, 0.29) is 12.8 Å². The molecule has 166 valence electrons. The van der Waals surface area contributed by atoms with Gasteiger partial charge >= 0.3 is 20.7 Å². The van der Waals surface area contributed by atoms with E-state index in [0.29, 0.717) is 58.2 Å². The van der Waals surface area contributed by atoms with Crippen molar-refractivity contribution in [3.05, 3.63) is 0 Å². The van der Waals surface area contributed by atoms with E-state index < -0.39 is 26.3 Å². The highest BCUT2D eigenvalue weighted by atomic mass is 28.4. The fourth-order valence-electron chi connectivity index (χ4n) is 3.64. The molecule has 8 nitrogen and oxygen atoms in total. The molecule has 0 rings (SSSR count). The smallest absolute Gasteiger partial charge is 0.481 e. The summed E-state index contributed by atoms with van der Waals surface area (Å²) in [6.07, 6.45) is 1.94. The van der Waals surface area contributed by atoms with Gasteiger partial charge in [-0.3, -0.25) is 14.5 Å². The Kier molecular flexibility index (Phi) is 13.6. The second kappa shape index (κ2) is 14.1. The molecule has 0 atom stereocenters. The average Bonchev–Trinajstić information content (AvgIpc) is 2.63. The lowest BCUT2D eigenvalue weighted by Gasteiger charge is -2.42. The largest absolute Gasteiger partial charge is 0.500 e. The molecule has 0 aliphatic rings. The van der Waals surface area contributed by atoms with Crippen molar-refractivity contribution in [1.82, 2.24) is 4.90 Å². The lowest BCUT2D eigenvalue weighted by atomic mass is 9.86. The molecule has 28 heavy (non-hydrogen) atoms. The normalized spacial score (nSPS) is 12.5. The van der Waals surface area contributed by atoms with Crippen molar-refractivity contribution >= 4 is 20.7 Å². The highest BCUT2D eigenvalue weighted by Crippen LogP contribution is 2.30. The molecular formula is C19H39NO7Si. The second-order valence-electron chi connectivity index (χ2n) is 6.72. The van der Waals surface area contributed by atoms with E-state index in [4.69, 9.17) is 18.4 Å². The zero-order chi connectivity index (χ0) is 21.6. The molecule has 0 fully saturated rings. The standard InChI is InChI=1S/C19H39NO7Si/c1-6-19(7-2,16-18(23)24)20(14-12-17(21)22)13-11-15-28(25-8-3,26-9-4)27-10-5/h6-16H2,1-5H3,(H,21,22)(H,23,24). The van der Waals surface area contributed by atoms with Crippen molar-refractivity contribution in [3.63, 3.8) is 0 Å². The topological polar surface area (TPSA) is 106 Å². The molecule has 0 spiro atoms. The van der Waals surface area contributed by atoms with Crippen molar-refractivity contribution in [3.8, 4) is 0 Å². The van der Waals surface area contributed by atoms with Gasteiger partial charge in [-0.1, -0.05) is 13.8 Å². The van der Waals surface area contributed by atoms with Crippen molar-refractivity contribution in [2.45, 2.75) is 78.3 Å². The Morgan fingerprint density at radius 2 is 1.36 bits per heavy atom. The number of nitrogens with zero attached hydrogens (tertiary/aromatic N) is 1. The van der Waals surface area contributed by atoms with E-state index in [1.165, 1.54) is 0 Å². The van der Waals surface area contributed by atoms with E-state index in [1.807, 2.05) is 39.5 Å². The summed E-state index contributed by atoms with van der Waals surface area (Å²) < 4.78 is 17.6. The summed E-state index contributed by atoms with van der Waals surface area (Å²) in [5.74, 6) is -1.76. The Balaban J connectivity index is 5.35. The molecule has 0 unspecified atom stereocenters. The third-order valence-corrected chi connectivity index (χ3v) is 8.22. The highest BCUT2D eigenvalue weighted by Gasteiger charge is 2.41. The number of carbonyl (C=O) groups is 2. The fraction of sp³-hybridized carbons (Fsp3) is 0.895. The van der Waals surface area contributed by atoms with E-state index in [9.17, 15) is 14.7 Å². The van der Waals surface area contributed by atoms with Crippen molar-refractivity contribution in [2.75, 3.05) is 32.9 Å². The minimum atomic E-state index is -2.78. The van der Waals surface area contributed by atoms with Crippen LogP contribution in [0.5, 0.6) is 0 Å². The van der Waals surface area contributed by atoms with E-state index in [0.717, 1.165) is 0 Å². The summed E-state index contributed by atoms with van der Waals surface area (Å²) in [6, 6.07) is 0.614. The summed E-state index contributed by atoms with van der Waals surface area (Å²) in [7, 11) is -2.78. The third-order valence-electron chi connectivity index (χ3n) is 5.07. The number of carboxylic acid groups (broad SMARTS) is 2. The van der Waals surface area contributed by atoms with Crippen LogP contribution in [0.15, 0.2) is 0 Å². The van der Waals surface area contributed by atoms with Gasteiger partial charge < -0.3 is 23.5 Å². The van der Waals surface area contributed by atoms with Crippen LogP contribution >= 0.6 is 0 Å². The van der Waals surface area contributed by atoms with Gasteiger partial charge in [0.2, 0.25) is 0 Å². The molecule has 0 heterocycles. The summed E-state index contributed by atoms with van der Waals surface area (Å²) in [5, 5.41) is 18.5. The monoisotopic (exact) mass is 421 g/mol. The van der Waals surface area contributed by atoms with Crippen LogP contribution in [0.4, 0.5) is 0 Å². The van der Waals surface area contributed by atoms with Gasteiger partial charge in [0.25, 0.3) is 0 Å². The first-order valence-corrected chi connectivity index (χ1v) is 12.3. The van der Waals surface area contributed by atoms with Gasteiger partial charge in [0, 0.05) is 37.9 Å². The Hall–Kier alpha value is -1.00. The molecule has 0 amide bonds. The van der Waals surface area contributed by atoms with Crippen molar-refractivity contribution in [1.29, 1.82) is 0 Å². The zero-order valence-corrected chi connectivity index (χ0v) is 19.2. The molecular weight excluding hydrogens is 382 g/mol. The van der Waals surface area contributed by atoms with Gasteiger partial charge in [-0.05, 0) is 46.6 Å². The maximum Gasteiger partial charge on any atom is 0.500 e. The van der Waals surface area contributed by atoms with Crippen LogP contribution in [-0.2, 0) is 22.9 Å². The number of hydrogen-bond acceptors (Lipinski definition) is 6. The summed E-state index contributed by atoms with van der Waals surface area (Å²) in [4.78, 5) is 24.6. The summed E-state index contributed by atoms with van der Waals surface area (Å²) >= 11 is 0. The number of hydrogen-bond donors (Lipinski definition) is 2. The molecule has 0 saturated heterocycles. The quantitative estimate of drug-likeness (QED) is 0.325. The number of carboxylic acids is 2. The Labute approximate surface area is 170 Å². The van der Waals surface area contributed by atoms with Crippen LogP contribution in [0.25, 0.3) is 0 Å². The average molecular weight is 422 g/mol. The highest BCUT2D eigenvalue weighted by molar-refractivity contribution is 6.60. The van der Waals surface area contributed by atoms with Crippen LogP contribution in [0, 0.1) is 0 Å². The van der Waals surface area contributed by atoms with Crippen LogP contribution in [0.2, 0.25) is 6.04 Å². The molecule has 9 heteroatoms. The van der Waals surface area contributed by atoms with Crippen LogP contribution < -0.4 is 0 Å². The van der Waals surface area contributed by atoms with Gasteiger partial charge in [-0.25, -0.2) is 0 Å². The Morgan fingerprint density at radius 3 is 1.71 bits per heavy atom. The molecule has 0 saturated carbocycles. The zero-order valence-electron chi connectivity index (χ0n) is 18.2. The second-order valence-corrected chi connectivity index (χ2v) is 9.45. The lowest BCUT2D eigenvalue weighted by Crippen LogP contribution is -2.51. The number of aliphatic carboxylic acids is 2. The molecule has 0 aromatic heterocycles. The number of rotatable bonds is 18. The molecule has 0 aromatic rings. The molecule has 0 aliphatic carbocycles. The first kappa shape index (κ1) is 27.0. The molecule has 2 N–H and O–H groups in total. The van der Waals surface area contributed by atoms with Crippen molar-refractivity contribution < 1.29 is 33.1 Å². The first-order valence-electron chi connectivity index (χ1n) is 10.3. The van der Waals surface area contributed by atoms with Crippen LogP contribution in [0.3, 0.4) is 0 Å². The van der Waals surface area contributed by atoms with E-state index in [1.54, 1.807) is 0 Å². The predicted octanol–water partition coefficient (Wildman–Crippen LogP) is 3.24. The maximum atomic E-state index is 11.5. The summed E-state index contributed by atoms with van der Waals surface area (Å²) in [5.41, 5.74) is -0.561. The first-order chi connectivity index (χ1) is 13.2. The summed E-state index contributed by atoms with van der Waals surface area (Å²) in [6.45, 7) is 12.0. The Bertz CT molecular complexity index is 441. The molecule has 0 aromatic carbocycles. The third kappa shape index (κ3) is 9.00. The molecule has 0 aliphatic heterocycles. The van der Waals surface area contributed by atoms with E-state index in [2.05, 4.69) is 0 Å². The Morgan fingerprint density at radius 1 is 0.857 bits per heavy atom. The predicted molar refractivity (Wildman–Crippen MR) is 109 cm³/mol. The van der Waals surface area contributed by atoms with Gasteiger partial charge in [0.1, 0.15) is 0 Å². The fourth-order valence-corrected chi connectivity index (χ4v) is 6.24. The van der Waals surface area contributed by atoms with Gasteiger partial charge in [0.05, 0.1) is 12.8 Å². The molecule has 0 bridgehead atoms. The lowest BCUT2D eigenvalue weighted by molar-refractivity contribution is -0.141. The molecule has 0 radical (unpaired) electrons. The van der Waals surface area contributed by atoms with Gasteiger partial charge in [0.15, 0.2) is 0 Å². The van der Waals surface area contributed by atoms with E-state index >= 15 is 0 Å². The van der Waals surface area contributed by atoms with Gasteiger partial charge in [-0.2, -0.15) is 0 Å². The van der Waals surface area contributed by atoms with Crippen LogP contribution in [0.1, 0.15) is 66.7 Å². The van der Waals surface area contributed by atoms with Crippen LogP contribution in [-0.4, -0.2) is 74.3 Å². The minimum Gasteiger partial charge on any atom is -0.481 e. The van der Waals surface area contributed by atoms with Crippen molar-refractivity contribution in [2.24, 2.45) is 0 Å². The van der Waals surface area contributed by atoms with Gasteiger partial charge in [-0.15, -0.1) is 0 Å². The SMILES string of the molecule is CCO[Si](CCCN(CCC(=O)O)C(CC)(CC)CC(=O)O)(OCC)OCC.